The van der Waals surface area contributed by atoms with Gasteiger partial charge in [-0.3, -0.25) is 0 Å². The van der Waals surface area contributed by atoms with Crippen molar-refractivity contribution >= 4 is 0 Å². The molecule has 1 aromatic rings. The number of aliphatic hydroxyl groups is 3. The third-order valence-electron chi connectivity index (χ3n) is 2.55. The van der Waals surface area contributed by atoms with Crippen LogP contribution in [0.25, 0.3) is 0 Å². The van der Waals surface area contributed by atoms with Crippen LogP contribution in [0.1, 0.15) is 5.56 Å². The Bertz CT molecular complexity index is 381. The van der Waals surface area contributed by atoms with Crippen molar-refractivity contribution in [2.24, 2.45) is 0 Å². The highest BCUT2D eigenvalue weighted by Gasteiger charge is 2.10. The molecule has 19 heavy (non-hydrogen) atoms. The number of ether oxygens (including phenoxy) is 2. The molecule has 0 bridgehead atoms. The van der Waals surface area contributed by atoms with Crippen LogP contribution in [-0.2, 0) is 11.2 Å². The van der Waals surface area contributed by atoms with Crippen molar-refractivity contribution < 1.29 is 29.9 Å². The molecule has 6 nitrogen and oxygen atoms in total. The summed E-state index contributed by atoms with van der Waals surface area (Å²) in [6.07, 6.45) is -1.33. The molecule has 1 aromatic carbocycles. The number of rotatable bonds is 8. The highest BCUT2D eigenvalue weighted by molar-refractivity contribution is 5.41. The molecule has 0 radical (unpaired) electrons. The first-order chi connectivity index (χ1) is 9.06. The minimum atomic E-state index is -0.930. The third-order valence-corrected chi connectivity index (χ3v) is 2.55. The summed E-state index contributed by atoms with van der Waals surface area (Å²) in [5.41, 5.74) is 0.799. The SMILES string of the molecule is COc1cc(CC(O)COCC(O)CO)ccc1O. The molecule has 0 heterocycles. The van der Waals surface area contributed by atoms with Gasteiger partial charge in [0.2, 0.25) is 0 Å². The van der Waals surface area contributed by atoms with Crippen LogP contribution in [0.5, 0.6) is 11.5 Å². The summed E-state index contributed by atoms with van der Waals surface area (Å²) in [6, 6.07) is 4.82. The smallest absolute Gasteiger partial charge is 0.160 e. The lowest BCUT2D eigenvalue weighted by Crippen LogP contribution is -2.24. The Labute approximate surface area is 111 Å². The Morgan fingerprint density at radius 1 is 1.16 bits per heavy atom. The van der Waals surface area contributed by atoms with Crippen molar-refractivity contribution in [2.75, 3.05) is 26.9 Å². The molecular formula is C13H20O6. The van der Waals surface area contributed by atoms with E-state index in [1.807, 2.05) is 0 Å². The van der Waals surface area contributed by atoms with E-state index in [0.29, 0.717) is 12.2 Å². The first-order valence-electron chi connectivity index (χ1n) is 5.97. The molecule has 1 rings (SSSR count). The number of phenolic OH excluding ortho intramolecular Hbond substituents is 1. The van der Waals surface area contributed by atoms with E-state index in [4.69, 9.17) is 19.7 Å². The molecule has 0 saturated heterocycles. The van der Waals surface area contributed by atoms with Crippen LogP contribution in [0, 0.1) is 0 Å². The highest BCUT2D eigenvalue weighted by Crippen LogP contribution is 2.26. The van der Waals surface area contributed by atoms with Crippen molar-refractivity contribution in [3.05, 3.63) is 23.8 Å². The maximum Gasteiger partial charge on any atom is 0.160 e. The molecule has 0 fully saturated rings. The molecule has 2 atom stereocenters. The van der Waals surface area contributed by atoms with E-state index in [1.165, 1.54) is 13.2 Å². The Morgan fingerprint density at radius 2 is 1.84 bits per heavy atom. The minimum absolute atomic E-state index is 0.0214. The largest absolute Gasteiger partial charge is 0.504 e. The zero-order chi connectivity index (χ0) is 14.3. The fraction of sp³-hybridized carbons (Fsp3) is 0.538. The van der Waals surface area contributed by atoms with E-state index < -0.39 is 12.2 Å². The second-order valence-electron chi connectivity index (χ2n) is 4.24. The lowest BCUT2D eigenvalue weighted by atomic mass is 10.1. The number of phenols is 1. The lowest BCUT2D eigenvalue weighted by Gasteiger charge is -2.14. The second kappa shape index (κ2) is 7.96. The van der Waals surface area contributed by atoms with E-state index in [0.717, 1.165) is 5.56 Å². The first kappa shape index (κ1) is 15.7. The molecule has 0 aliphatic carbocycles. The molecule has 0 saturated carbocycles. The number of methoxy groups -OCH3 is 1. The van der Waals surface area contributed by atoms with Gasteiger partial charge in [-0.05, 0) is 17.7 Å². The van der Waals surface area contributed by atoms with Crippen molar-refractivity contribution in [3.8, 4) is 11.5 Å². The second-order valence-corrected chi connectivity index (χ2v) is 4.24. The summed E-state index contributed by atoms with van der Waals surface area (Å²) in [4.78, 5) is 0. The molecule has 4 N–H and O–H groups in total. The van der Waals surface area contributed by atoms with Crippen LogP contribution in [0.2, 0.25) is 0 Å². The quantitative estimate of drug-likeness (QED) is 0.517. The number of aliphatic hydroxyl groups excluding tert-OH is 3. The fourth-order valence-corrected chi connectivity index (χ4v) is 1.57. The topological polar surface area (TPSA) is 99.4 Å². The molecule has 0 aromatic heterocycles. The van der Waals surface area contributed by atoms with Gasteiger partial charge in [-0.1, -0.05) is 6.07 Å². The summed E-state index contributed by atoms with van der Waals surface area (Å²) < 4.78 is 10.0. The number of aromatic hydroxyl groups is 1. The van der Waals surface area contributed by atoms with Gasteiger partial charge in [0.25, 0.3) is 0 Å². The van der Waals surface area contributed by atoms with E-state index in [-0.39, 0.29) is 25.6 Å². The van der Waals surface area contributed by atoms with Gasteiger partial charge in [0.1, 0.15) is 6.10 Å². The molecule has 6 heteroatoms. The molecule has 0 amide bonds. The molecule has 108 valence electrons. The van der Waals surface area contributed by atoms with Gasteiger partial charge >= 0.3 is 0 Å². The average molecular weight is 272 g/mol. The van der Waals surface area contributed by atoms with E-state index in [1.54, 1.807) is 12.1 Å². The van der Waals surface area contributed by atoms with Gasteiger partial charge in [0.05, 0.1) is 33.0 Å². The zero-order valence-corrected chi connectivity index (χ0v) is 10.8. The van der Waals surface area contributed by atoms with E-state index in [2.05, 4.69) is 0 Å². The van der Waals surface area contributed by atoms with Crippen LogP contribution in [0.3, 0.4) is 0 Å². The van der Waals surface area contributed by atoms with Gasteiger partial charge in [0.15, 0.2) is 11.5 Å². The maximum atomic E-state index is 9.75. The predicted molar refractivity (Wildman–Crippen MR) is 68.3 cm³/mol. The Hall–Kier alpha value is -1.34. The molecular weight excluding hydrogens is 252 g/mol. The summed E-state index contributed by atoms with van der Waals surface area (Å²) in [7, 11) is 1.45. The Balaban J connectivity index is 2.41. The van der Waals surface area contributed by atoms with Crippen molar-refractivity contribution in [3.63, 3.8) is 0 Å². The normalized spacial score (nSPS) is 14.1. The molecule has 2 unspecified atom stereocenters. The first-order valence-corrected chi connectivity index (χ1v) is 5.97. The average Bonchev–Trinajstić information content (AvgIpc) is 2.40. The summed E-state index contributed by atoms with van der Waals surface area (Å²) in [6.45, 7) is -0.335. The van der Waals surface area contributed by atoms with Crippen molar-refractivity contribution in [1.29, 1.82) is 0 Å². The van der Waals surface area contributed by atoms with Crippen LogP contribution < -0.4 is 4.74 Å². The minimum Gasteiger partial charge on any atom is -0.504 e. The van der Waals surface area contributed by atoms with Crippen LogP contribution >= 0.6 is 0 Å². The third kappa shape index (κ3) is 5.44. The summed E-state index contributed by atoms with van der Waals surface area (Å²) >= 11 is 0. The summed E-state index contributed by atoms with van der Waals surface area (Å²) in [5, 5.41) is 36.8. The monoisotopic (exact) mass is 272 g/mol. The lowest BCUT2D eigenvalue weighted by molar-refractivity contribution is -0.0239. The molecule has 0 aliphatic rings. The fourth-order valence-electron chi connectivity index (χ4n) is 1.57. The van der Waals surface area contributed by atoms with E-state index in [9.17, 15) is 10.2 Å². The van der Waals surface area contributed by atoms with Gasteiger partial charge in [-0.2, -0.15) is 0 Å². The van der Waals surface area contributed by atoms with Gasteiger partial charge in [0, 0.05) is 6.42 Å². The summed E-state index contributed by atoms with van der Waals surface area (Å²) in [5.74, 6) is 0.393. The Morgan fingerprint density at radius 3 is 2.47 bits per heavy atom. The number of hydrogen-bond acceptors (Lipinski definition) is 6. The predicted octanol–water partition coefficient (Wildman–Crippen LogP) is -0.326. The van der Waals surface area contributed by atoms with Crippen molar-refractivity contribution in [2.45, 2.75) is 18.6 Å². The van der Waals surface area contributed by atoms with Crippen LogP contribution in [0.4, 0.5) is 0 Å². The molecule has 0 aliphatic heterocycles. The Kier molecular flexibility index (Phi) is 6.58. The van der Waals surface area contributed by atoms with Crippen LogP contribution in [-0.4, -0.2) is 59.6 Å². The van der Waals surface area contributed by atoms with Gasteiger partial charge in [-0.15, -0.1) is 0 Å². The van der Waals surface area contributed by atoms with Crippen molar-refractivity contribution in [1.82, 2.24) is 0 Å². The maximum absolute atomic E-state index is 9.75. The van der Waals surface area contributed by atoms with E-state index >= 15 is 0 Å². The molecule has 0 spiro atoms. The zero-order valence-electron chi connectivity index (χ0n) is 10.8. The highest BCUT2D eigenvalue weighted by atomic mass is 16.5. The standard InChI is InChI=1S/C13H20O6/c1-18-13-5-9(2-3-12(13)17)4-10(15)7-19-8-11(16)6-14/h2-3,5,10-11,14-17H,4,6-8H2,1H3. The number of benzene rings is 1. The van der Waals surface area contributed by atoms with Gasteiger partial charge in [-0.25, -0.2) is 0 Å². The van der Waals surface area contributed by atoms with Gasteiger partial charge < -0.3 is 29.9 Å². The number of hydrogen-bond donors (Lipinski definition) is 4. The van der Waals surface area contributed by atoms with Crippen LogP contribution in [0.15, 0.2) is 18.2 Å².